The molecule has 0 unspecified atom stereocenters. The average molecular weight is 192 g/mol. The Labute approximate surface area is 86.8 Å². The van der Waals surface area contributed by atoms with Crippen molar-refractivity contribution in [1.29, 1.82) is 0 Å². The van der Waals surface area contributed by atoms with Gasteiger partial charge in [0.2, 0.25) is 0 Å². The van der Waals surface area contributed by atoms with Crippen LogP contribution < -0.4 is 0 Å². The molecule has 1 aromatic carbocycles. The zero-order valence-electron chi connectivity index (χ0n) is 9.59. The Hall–Kier alpha value is -0.820. The molecule has 0 heterocycles. The maximum atomic E-state index is 9.22. The minimum atomic E-state index is -0.0153. The van der Waals surface area contributed by atoms with Crippen molar-refractivity contribution in [2.45, 2.75) is 34.1 Å². The van der Waals surface area contributed by atoms with Crippen LogP contribution in [0.4, 0.5) is 0 Å². The summed E-state index contributed by atoms with van der Waals surface area (Å²) in [6, 6.07) is 6.50. The first-order chi connectivity index (χ1) is 6.44. The van der Waals surface area contributed by atoms with Gasteiger partial charge in [-0.05, 0) is 36.8 Å². The largest absolute Gasteiger partial charge is 0.396 e. The Bertz CT molecular complexity index is 313. The molecular formula is C13H20O. The monoisotopic (exact) mass is 192 g/mol. The van der Waals surface area contributed by atoms with E-state index < -0.39 is 0 Å². The Morgan fingerprint density at radius 2 is 1.86 bits per heavy atom. The standard InChI is InChI=1S/C13H20O/c1-10-5-6-11(2)12(7-10)8-13(3,4)9-14/h5-7,14H,8-9H2,1-4H3. The first kappa shape index (κ1) is 11.3. The van der Waals surface area contributed by atoms with Crippen molar-refractivity contribution in [3.8, 4) is 0 Å². The SMILES string of the molecule is Cc1ccc(C)c(CC(C)(C)CO)c1. The summed E-state index contributed by atoms with van der Waals surface area (Å²) in [7, 11) is 0. The fourth-order valence-electron chi connectivity index (χ4n) is 1.56. The number of hydrogen-bond acceptors (Lipinski definition) is 1. The molecule has 0 aliphatic carbocycles. The van der Waals surface area contributed by atoms with Crippen molar-refractivity contribution in [1.82, 2.24) is 0 Å². The first-order valence-corrected chi connectivity index (χ1v) is 5.11. The molecule has 1 heteroatoms. The fourth-order valence-corrected chi connectivity index (χ4v) is 1.56. The van der Waals surface area contributed by atoms with Gasteiger partial charge in [-0.1, -0.05) is 37.6 Å². The van der Waals surface area contributed by atoms with Crippen molar-refractivity contribution in [2.24, 2.45) is 5.41 Å². The summed E-state index contributed by atoms with van der Waals surface area (Å²) in [4.78, 5) is 0. The maximum Gasteiger partial charge on any atom is 0.0485 e. The highest BCUT2D eigenvalue weighted by Gasteiger charge is 2.17. The second-order valence-electron chi connectivity index (χ2n) is 4.93. The molecule has 0 amide bonds. The molecule has 0 aliphatic heterocycles. The van der Waals surface area contributed by atoms with Crippen LogP contribution in [0.2, 0.25) is 0 Å². The predicted molar refractivity (Wildman–Crippen MR) is 60.5 cm³/mol. The zero-order valence-corrected chi connectivity index (χ0v) is 9.59. The number of hydrogen-bond donors (Lipinski definition) is 1. The van der Waals surface area contributed by atoms with E-state index >= 15 is 0 Å². The predicted octanol–water partition coefficient (Wildman–Crippen LogP) is 2.86. The van der Waals surface area contributed by atoms with Gasteiger partial charge in [0, 0.05) is 6.61 Å². The van der Waals surface area contributed by atoms with Gasteiger partial charge < -0.3 is 5.11 Å². The maximum absolute atomic E-state index is 9.22. The van der Waals surface area contributed by atoms with Crippen LogP contribution in [0.5, 0.6) is 0 Å². The van der Waals surface area contributed by atoms with Gasteiger partial charge in [-0.3, -0.25) is 0 Å². The highest BCUT2D eigenvalue weighted by molar-refractivity contribution is 5.31. The van der Waals surface area contributed by atoms with Gasteiger partial charge in [-0.15, -0.1) is 0 Å². The van der Waals surface area contributed by atoms with Crippen molar-refractivity contribution < 1.29 is 5.11 Å². The summed E-state index contributed by atoms with van der Waals surface area (Å²) in [6.45, 7) is 8.65. The van der Waals surface area contributed by atoms with Gasteiger partial charge in [-0.25, -0.2) is 0 Å². The van der Waals surface area contributed by atoms with Crippen LogP contribution in [0.15, 0.2) is 18.2 Å². The van der Waals surface area contributed by atoms with E-state index in [1.54, 1.807) is 0 Å². The normalized spacial score (nSPS) is 11.8. The zero-order chi connectivity index (χ0) is 10.8. The van der Waals surface area contributed by atoms with Crippen molar-refractivity contribution in [3.63, 3.8) is 0 Å². The van der Waals surface area contributed by atoms with Crippen molar-refractivity contribution >= 4 is 0 Å². The molecule has 0 spiro atoms. The van der Waals surface area contributed by atoms with E-state index in [1.165, 1.54) is 16.7 Å². The second kappa shape index (κ2) is 4.14. The van der Waals surface area contributed by atoms with Crippen LogP contribution in [0.3, 0.4) is 0 Å². The van der Waals surface area contributed by atoms with Crippen LogP contribution >= 0.6 is 0 Å². The van der Waals surface area contributed by atoms with E-state index in [1.807, 2.05) is 0 Å². The molecule has 0 fully saturated rings. The molecule has 0 aliphatic rings. The van der Waals surface area contributed by atoms with E-state index in [2.05, 4.69) is 45.9 Å². The van der Waals surface area contributed by atoms with E-state index in [9.17, 15) is 5.11 Å². The van der Waals surface area contributed by atoms with E-state index in [0.29, 0.717) is 0 Å². The number of aliphatic hydroxyl groups excluding tert-OH is 1. The summed E-state index contributed by atoms with van der Waals surface area (Å²) in [5, 5.41) is 9.22. The molecule has 1 N–H and O–H groups in total. The highest BCUT2D eigenvalue weighted by atomic mass is 16.3. The van der Waals surface area contributed by atoms with Crippen LogP contribution in [-0.2, 0) is 6.42 Å². The molecule has 1 nitrogen and oxygen atoms in total. The van der Waals surface area contributed by atoms with Crippen molar-refractivity contribution in [3.05, 3.63) is 34.9 Å². The summed E-state index contributed by atoms with van der Waals surface area (Å²) in [5.74, 6) is 0. The molecule has 0 saturated heterocycles. The number of aryl methyl sites for hydroxylation is 2. The van der Waals surface area contributed by atoms with Gasteiger partial charge in [0.1, 0.15) is 0 Å². The van der Waals surface area contributed by atoms with E-state index in [4.69, 9.17) is 0 Å². The molecule has 14 heavy (non-hydrogen) atoms. The third kappa shape index (κ3) is 2.85. The lowest BCUT2D eigenvalue weighted by molar-refractivity contribution is 0.159. The Balaban J connectivity index is 2.91. The molecule has 0 aromatic heterocycles. The Kier molecular flexibility index (Phi) is 3.33. The lowest BCUT2D eigenvalue weighted by atomic mass is 9.85. The van der Waals surface area contributed by atoms with Gasteiger partial charge in [0.25, 0.3) is 0 Å². The molecule has 1 aromatic rings. The average Bonchev–Trinajstić information content (AvgIpc) is 2.11. The number of rotatable bonds is 3. The van der Waals surface area contributed by atoms with Gasteiger partial charge in [-0.2, -0.15) is 0 Å². The fraction of sp³-hybridized carbons (Fsp3) is 0.538. The molecule has 78 valence electrons. The highest BCUT2D eigenvalue weighted by Crippen LogP contribution is 2.23. The first-order valence-electron chi connectivity index (χ1n) is 5.11. The summed E-state index contributed by atoms with van der Waals surface area (Å²) >= 11 is 0. The molecule has 0 bridgehead atoms. The lowest BCUT2D eigenvalue weighted by Gasteiger charge is -2.22. The number of benzene rings is 1. The number of aliphatic hydroxyl groups is 1. The smallest absolute Gasteiger partial charge is 0.0485 e. The summed E-state index contributed by atoms with van der Waals surface area (Å²) < 4.78 is 0. The van der Waals surface area contributed by atoms with Gasteiger partial charge in [0.15, 0.2) is 0 Å². The van der Waals surface area contributed by atoms with Crippen LogP contribution in [0, 0.1) is 19.3 Å². The molecular weight excluding hydrogens is 172 g/mol. The minimum absolute atomic E-state index is 0.0153. The molecule has 1 rings (SSSR count). The second-order valence-corrected chi connectivity index (χ2v) is 4.93. The lowest BCUT2D eigenvalue weighted by Crippen LogP contribution is -2.20. The molecule has 0 atom stereocenters. The van der Waals surface area contributed by atoms with Crippen LogP contribution in [0.1, 0.15) is 30.5 Å². The summed E-state index contributed by atoms with van der Waals surface area (Å²) in [6.07, 6.45) is 0.941. The van der Waals surface area contributed by atoms with Crippen LogP contribution in [-0.4, -0.2) is 11.7 Å². The van der Waals surface area contributed by atoms with E-state index in [-0.39, 0.29) is 12.0 Å². The van der Waals surface area contributed by atoms with E-state index in [0.717, 1.165) is 6.42 Å². The molecule has 0 saturated carbocycles. The van der Waals surface area contributed by atoms with Crippen molar-refractivity contribution in [2.75, 3.05) is 6.61 Å². The Morgan fingerprint density at radius 1 is 1.21 bits per heavy atom. The topological polar surface area (TPSA) is 20.2 Å². The third-order valence-electron chi connectivity index (χ3n) is 2.60. The Morgan fingerprint density at radius 3 is 2.43 bits per heavy atom. The summed E-state index contributed by atoms with van der Waals surface area (Å²) in [5.41, 5.74) is 3.94. The van der Waals surface area contributed by atoms with Gasteiger partial charge in [0.05, 0.1) is 0 Å². The van der Waals surface area contributed by atoms with Crippen LogP contribution in [0.25, 0.3) is 0 Å². The third-order valence-corrected chi connectivity index (χ3v) is 2.60. The molecule has 0 radical (unpaired) electrons. The van der Waals surface area contributed by atoms with Gasteiger partial charge >= 0.3 is 0 Å². The quantitative estimate of drug-likeness (QED) is 0.780. The minimum Gasteiger partial charge on any atom is -0.396 e.